The number of aliphatic hydroxyl groups is 1. The second kappa shape index (κ2) is 6.33. The summed E-state index contributed by atoms with van der Waals surface area (Å²) < 4.78 is 28.3. The minimum absolute atomic E-state index is 0.161. The highest BCUT2D eigenvalue weighted by molar-refractivity contribution is 9.11. The highest BCUT2D eigenvalue weighted by atomic mass is 79.9. The van der Waals surface area contributed by atoms with Gasteiger partial charge in [0.1, 0.15) is 4.90 Å². The normalized spacial score (nSPS) is 11.9. The summed E-state index contributed by atoms with van der Waals surface area (Å²) in [7, 11) is -3.58. The average Bonchev–Trinajstić information content (AvgIpc) is 2.93. The van der Waals surface area contributed by atoms with Crippen LogP contribution in [0.3, 0.4) is 0 Å². The monoisotopic (exact) mass is 445 g/mol. The molecule has 0 fully saturated rings. The van der Waals surface area contributed by atoms with E-state index in [-0.39, 0.29) is 18.0 Å². The van der Waals surface area contributed by atoms with Gasteiger partial charge < -0.3 is 5.11 Å². The molecule has 2 N–H and O–H groups in total. The first kappa shape index (κ1) is 15.6. The van der Waals surface area contributed by atoms with Gasteiger partial charge in [0.15, 0.2) is 0 Å². The van der Waals surface area contributed by atoms with E-state index in [9.17, 15) is 8.42 Å². The molecule has 2 heterocycles. The smallest absolute Gasteiger partial charge is 0.242 e. The van der Waals surface area contributed by atoms with Gasteiger partial charge in [-0.1, -0.05) is 0 Å². The van der Waals surface area contributed by atoms with E-state index in [1.165, 1.54) is 28.7 Å². The Balaban J connectivity index is 2.18. The van der Waals surface area contributed by atoms with Gasteiger partial charge in [0.2, 0.25) is 10.0 Å². The molecule has 2 aromatic heterocycles. The predicted octanol–water partition coefficient (Wildman–Crippen LogP) is 3.31. The molecule has 0 saturated carbocycles. The maximum Gasteiger partial charge on any atom is 0.242 e. The Morgan fingerprint density at radius 2 is 2.11 bits per heavy atom. The molecule has 4 nitrogen and oxygen atoms in total. The van der Waals surface area contributed by atoms with Crippen LogP contribution in [0, 0.1) is 0 Å². The molecular formula is C10H9Br2NO3S3. The van der Waals surface area contributed by atoms with Crippen molar-refractivity contribution >= 4 is 64.6 Å². The molecule has 0 saturated heterocycles. The maximum atomic E-state index is 12.2. The van der Waals surface area contributed by atoms with Crippen LogP contribution >= 0.6 is 54.5 Å². The number of hydrogen-bond donors (Lipinski definition) is 2. The van der Waals surface area contributed by atoms with Gasteiger partial charge in [0, 0.05) is 20.8 Å². The van der Waals surface area contributed by atoms with Gasteiger partial charge in [0.25, 0.3) is 0 Å². The Labute approximate surface area is 135 Å². The van der Waals surface area contributed by atoms with Crippen molar-refractivity contribution < 1.29 is 13.5 Å². The largest absolute Gasteiger partial charge is 0.391 e. The van der Waals surface area contributed by atoms with Gasteiger partial charge in [0.05, 0.1) is 10.4 Å². The number of rotatable bonds is 5. The van der Waals surface area contributed by atoms with Crippen molar-refractivity contribution in [3.05, 3.63) is 35.5 Å². The standard InChI is InChI=1S/C10H9Br2NO3S3/c11-7-1-2-17-8(7)4-13-19(15,16)9-3-6(5-14)18-10(9)12/h1-3,13-14H,4-5H2. The Hall–Kier alpha value is 0.230. The third-order valence-electron chi connectivity index (χ3n) is 2.27. The number of aliphatic hydroxyl groups excluding tert-OH is 1. The first-order valence-electron chi connectivity index (χ1n) is 5.04. The van der Waals surface area contributed by atoms with E-state index in [4.69, 9.17) is 5.11 Å². The van der Waals surface area contributed by atoms with Crippen LogP contribution in [0.2, 0.25) is 0 Å². The summed E-state index contributed by atoms with van der Waals surface area (Å²) in [6.45, 7) is 0.0621. The number of sulfonamides is 1. The number of halogens is 2. The second-order valence-electron chi connectivity index (χ2n) is 3.53. The summed E-state index contributed by atoms with van der Waals surface area (Å²) in [5.74, 6) is 0. The van der Waals surface area contributed by atoms with E-state index in [1.54, 1.807) is 0 Å². The second-order valence-corrected chi connectivity index (χ2v) is 9.57. The van der Waals surface area contributed by atoms with Crippen LogP contribution in [0.5, 0.6) is 0 Å². The van der Waals surface area contributed by atoms with Crippen LogP contribution in [-0.4, -0.2) is 13.5 Å². The third-order valence-corrected chi connectivity index (χ3v) is 7.83. The van der Waals surface area contributed by atoms with Crippen LogP contribution in [0.15, 0.2) is 30.7 Å². The summed E-state index contributed by atoms with van der Waals surface area (Å²) in [6.07, 6.45) is 0. The molecule has 2 aromatic rings. The molecule has 0 radical (unpaired) electrons. The summed E-state index contributed by atoms with van der Waals surface area (Å²) in [5.41, 5.74) is 0. The summed E-state index contributed by atoms with van der Waals surface area (Å²) in [4.78, 5) is 1.68. The Bertz CT molecular complexity index is 678. The van der Waals surface area contributed by atoms with E-state index >= 15 is 0 Å². The van der Waals surface area contributed by atoms with Crippen LogP contribution in [-0.2, 0) is 23.2 Å². The lowest BCUT2D eigenvalue weighted by atomic mass is 10.5. The molecule has 0 bridgehead atoms. The molecule has 2 rings (SSSR count). The van der Waals surface area contributed by atoms with Crippen molar-refractivity contribution in [3.8, 4) is 0 Å². The highest BCUT2D eigenvalue weighted by Gasteiger charge is 2.21. The van der Waals surface area contributed by atoms with Crippen molar-refractivity contribution in [2.24, 2.45) is 0 Å². The highest BCUT2D eigenvalue weighted by Crippen LogP contribution is 2.32. The molecule has 0 atom stereocenters. The van der Waals surface area contributed by atoms with E-state index in [0.29, 0.717) is 8.66 Å². The van der Waals surface area contributed by atoms with Crippen molar-refractivity contribution in [2.75, 3.05) is 0 Å². The fraction of sp³-hybridized carbons (Fsp3) is 0.200. The number of nitrogens with one attached hydrogen (secondary N) is 1. The molecule has 0 unspecified atom stereocenters. The molecule has 104 valence electrons. The Kier molecular flexibility index (Phi) is 5.21. The molecule has 0 aliphatic carbocycles. The molecule has 0 spiro atoms. The topological polar surface area (TPSA) is 66.4 Å². The van der Waals surface area contributed by atoms with Gasteiger partial charge >= 0.3 is 0 Å². The van der Waals surface area contributed by atoms with E-state index in [1.807, 2.05) is 11.4 Å². The van der Waals surface area contributed by atoms with Crippen LogP contribution in [0.4, 0.5) is 0 Å². The summed E-state index contributed by atoms with van der Waals surface area (Å²) >= 11 is 9.25. The SMILES string of the molecule is O=S(=O)(NCc1sccc1Br)c1cc(CO)sc1Br. The lowest BCUT2D eigenvalue weighted by Gasteiger charge is -2.04. The van der Waals surface area contributed by atoms with Gasteiger partial charge in [-0.3, -0.25) is 0 Å². The molecule has 0 aliphatic rings. The predicted molar refractivity (Wildman–Crippen MR) is 84.0 cm³/mol. The minimum Gasteiger partial charge on any atom is -0.391 e. The van der Waals surface area contributed by atoms with Crippen LogP contribution in [0.1, 0.15) is 9.75 Å². The quantitative estimate of drug-likeness (QED) is 0.740. The van der Waals surface area contributed by atoms with Crippen molar-refractivity contribution in [3.63, 3.8) is 0 Å². The van der Waals surface area contributed by atoms with E-state index in [0.717, 1.165) is 9.35 Å². The van der Waals surface area contributed by atoms with Crippen molar-refractivity contribution in [2.45, 2.75) is 18.0 Å². The zero-order valence-corrected chi connectivity index (χ0v) is 15.0. The van der Waals surface area contributed by atoms with Gasteiger partial charge in [-0.05, 0) is 49.4 Å². The van der Waals surface area contributed by atoms with Crippen molar-refractivity contribution in [1.82, 2.24) is 4.72 Å². The molecule has 19 heavy (non-hydrogen) atoms. The Morgan fingerprint density at radius 3 is 2.63 bits per heavy atom. The van der Waals surface area contributed by atoms with Gasteiger partial charge in [-0.15, -0.1) is 22.7 Å². The molecule has 0 aromatic carbocycles. The first-order valence-corrected chi connectivity index (χ1v) is 9.81. The number of hydrogen-bond acceptors (Lipinski definition) is 5. The maximum absolute atomic E-state index is 12.2. The molecular weight excluding hydrogens is 438 g/mol. The third kappa shape index (κ3) is 3.66. The van der Waals surface area contributed by atoms with Crippen molar-refractivity contribution in [1.29, 1.82) is 0 Å². The summed E-state index contributed by atoms with van der Waals surface area (Å²) in [6, 6.07) is 3.35. The zero-order valence-electron chi connectivity index (χ0n) is 9.39. The summed E-state index contributed by atoms with van der Waals surface area (Å²) in [5, 5.41) is 10.9. The lowest BCUT2D eigenvalue weighted by molar-refractivity contribution is 0.285. The fourth-order valence-corrected chi connectivity index (χ4v) is 6.41. The van der Waals surface area contributed by atoms with Crippen LogP contribution < -0.4 is 4.72 Å². The lowest BCUT2D eigenvalue weighted by Crippen LogP contribution is -2.22. The molecule has 9 heteroatoms. The Morgan fingerprint density at radius 1 is 1.37 bits per heavy atom. The van der Waals surface area contributed by atoms with E-state index < -0.39 is 10.0 Å². The first-order chi connectivity index (χ1) is 8.94. The fourth-order valence-electron chi connectivity index (χ4n) is 1.35. The van der Waals surface area contributed by atoms with Gasteiger partial charge in [-0.25, -0.2) is 13.1 Å². The van der Waals surface area contributed by atoms with Gasteiger partial charge in [-0.2, -0.15) is 0 Å². The van der Waals surface area contributed by atoms with Crippen LogP contribution in [0.25, 0.3) is 0 Å². The molecule has 0 amide bonds. The molecule has 0 aliphatic heterocycles. The number of thiophene rings is 2. The minimum atomic E-state index is -3.58. The zero-order chi connectivity index (χ0) is 14.0. The van der Waals surface area contributed by atoms with E-state index in [2.05, 4.69) is 36.6 Å². The average molecular weight is 447 g/mol.